The van der Waals surface area contributed by atoms with Gasteiger partial charge in [0.2, 0.25) is 0 Å². The molecule has 1 aliphatic carbocycles. The number of hydrogen-bond acceptors (Lipinski definition) is 0. The minimum Gasteiger partial charge on any atom is -0.0619 e. The maximum atomic E-state index is 2.48. The van der Waals surface area contributed by atoms with Gasteiger partial charge in [0.1, 0.15) is 0 Å². The van der Waals surface area contributed by atoms with Gasteiger partial charge in [0, 0.05) is 5.41 Å². The second-order valence-corrected chi connectivity index (χ2v) is 15.2. The maximum absolute atomic E-state index is 2.48. The van der Waals surface area contributed by atoms with Crippen LogP contribution >= 0.6 is 0 Å². The zero-order valence-electron chi connectivity index (χ0n) is 29.8. The molecule has 0 heteroatoms. The van der Waals surface area contributed by atoms with Crippen LogP contribution in [0.15, 0.2) is 182 Å². The van der Waals surface area contributed by atoms with Crippen LogP contribution in [0.5, 0.6) is 0 Å². The highest BCUT2D eigenvalue weighted by atomic mass is 14.4. The fraction of sp³-hybridized carbons (Fsp3) is 0.0566. The van der Waals surface area contributed by atoms with E-state index < -0.39 is 0 Å². The molecule has 0 heterocycles. The first kappa shape index (κ1) is 30.2. The van der Waals surface area contributed by atoms with Crippen LogP contribution in [0.25, 0.3) is 98.4 Å². The van der Waals surface area contributed by atoms with Crippen LogP contribution in [0, 0.1) is 0 Å². The van der Waals surface area contributed by atoms with Crippen molar-refractivity contribution < 1.29 is 0 Å². The zero-order valence-corrected chi connectivity index (χ0v) is 29.8. The Labute approximate surface area is 309 Å². The highest BCUT2D eigenvalue weighted by molar-refractivity contribution is 6.24. The topological polar surface area (TPSA) is 0 Å². The molecule has 0 saturated carbocycles. The molecule has 0 radical (unpaired) electrons. The van der Waals surface area contributed by atoms with Crippen LogP contribution in [0.1, 0.15) is 25.0 Å². The summed E-state index contributed by atoms with van der Waals surface area (Å²) in [6.45, 7) is 4.75. The Morgan fingerprint density at radius 2 is 0.774 bits per heavy atom. The van der Waals surface area contributed by atoms with Gasteiger partial charge in [-0.3, -0.25) is 0 Å². The Bertz CT molecular complexity index is 3080. The molecule has 53 heavy (non-hydrogen) atoms. The molecule has 0 spiro atoms. The van der Waals surface area contributed by atoms with Crippen LogP contribution < -0.4 is 0 Å². The summed E-state index contributed by atoms with van der Waals surface area (Å²) < 4.78 is 0. The van der Waals surface area contributed by atoms with Crippen LogP contribution in [0.4, 0.5) is 0 Å². The summed E-state index contributed by atoms with van der Waals surface area (Å²) in [4.78, 5) is 0. The monoisotopic (exact) mass is 672 g/mol. The highest BCUT2D eigenvalue weighted by Gasteiger charge is 2.37. The third-order valence-corrected chi connectivity index (χ3v) is 12.0. The average molecular weight is 673 g/mol. The molecule has 10 aromatic carbocycles. The second-order valence-electron chi connectivity index (χ2n) is 15.2. The second kappa shape index (κ2) is 11.2. The van der Waals surface area contributed by atoms with E-state index in [-0.39, 0.29) is 5.41 Å². The third-order valence-electron chi connectivity index (χ3n) is 12.0. The van der Waals surface area contributed by atoms with Gasteiger partial charge in [-0.1, -0.05) is 178 Å². The fourth-order valence-corrected chi connectivity index (χ4v) is 9.53. The Morgan fingerprint density at radius 1 is 0.283 bits per heavy atom. The molecule has 0 nitrogen and oxygen atoms in total. The summed E-state index contributed by atoms with van der Waals surface area (Å²) in [6, 6.07) is 67.9. The molecule has 0 N–H and O–H groups in total. The Morgan fingerprint density at radius 3 is 1.47 bits per heavy atom. The SMILES string of the molecule is CC1(C)c2ccccc2-c2c1cc(-c1ccc3cc(-c4c5ccccc5c(-c5cccc6ccccc56)c5ccccc45)ccc3c1)c1ccccc21. The smallest absolute Gasteiger partial charge is 0.0159 e. The Hall–Kier alpha value is -6.50. The van der Waals surface area contributed by atoms with Gasteiger partial charge >= 0.3 is 0 Å². The van der Waals surface area contributed by atoms with Crippen LogP contribution in [0.2, 0.25) is 0 Å². The summed E-state index contributed by atoms with van der Waals surface area (Å²) in [5.41, 5.74) is 13.2. The number of hydrogen-bond donors (Lipinski definition) is 0. The molecule has 10 aromatic rings. The van der Waals surface area contributed by atoms with Gasteiger partial charge in [0.05, 0.1) is 0 Å². The minimum absolute atomic E-state index is 0.0643. The Balaban J connectivity index is 1.10. The fourth-order valence-electron chi connectivity index (χ4n) is 9.53. The lowest BCUT2D eigenvalue weighted by Gasteiger charge is -2.23. The molecule has 0 aromatic heterocycles. The highest BCUT2D eigenvalue weighted by Crippen LogP contribution is 2.53. The van der Waals surface area contributed by atoms with Crippen LogP contribution in [-0.2, 0) is 5.41 Å². The van der Waals surface area contributed by atoms with Crippen molar-refractivity contribution in [3.63, 3.8) is 0 Å². The summed E-state index contributed by atoms with van der Waals surface area (Å²) in [6.07, 6.45) is 0. The van der Waals surface area contributed by atoms with E-state index >= 15 is 0 Å². The maximum Gasteiger partial charge on any atom is 0.0159 e. The lowest BCUT2D eigenvalue weighted by Crippen LogP contribution is -2.15. The molecule has 11 rings (SSSR count). The third kappa shape index (κ3) is 4.36. The van der Waals surface area contributed by atoms with Gasteiger partial charge in [-0.15, -0.1) is 0 Å². The summed E-state index contributed by atoms with van der Waals surface area (Å²) in [5.74, 6) is 0. The standard InChI is InChI=1S/C53H36/c1-53(2)48-25-12-11-23-46(48)52-41-18-6-5-17-39(41)47(32-49(52)53)36-28-26-35-31-37(29-27-34(35)30-36)50-42-19-7-9-21-44(42)51(45-22-10-8-20-43(45)50)40-24-13-15-33-14-3-4-16-38(33)40/h3-32H,1-2H3. The Kier molecular flexibility index (Phi) is 6.40. The largest absolute Gasteiger partial charge is 0.0619 e. The lowest BCUT2D eigenvalue weighted by molar-refractivity contribution is 0.661. The van der Waals surface area contributed by atoms with Gasteiger partial charge < -0.3 is 0 Å². The van der Waals surface area contributed by atoms with Crippen LogP contribution in [-0.4, -0.2) is 0 Å². The summed E-state index contributed by atoms with van der Waals surface area (Å²) >= 11 is 0. The van der Waals surface area contributed by atoms with Crippen molar-refractivity contribution in [3.05, 3.63) is 193 Å². The van der Waals surface area contributed by atoms with E-state index in [0.717, 1.165) is 0 Å². The van der Waals surface area contributed by atoms with Gasteiger partial charge in [-0.05, 0) is 128 Å². The van der Waals surface area contributed by atoms with Crippen molar-refractivity contribution in [1.29, 1.82) is 0 Å². The molecule has 0 atom stereocenters. The predicted octanol–water partition coefficient (Wildman–Crippen LogP) is 14.8. The molecule has 248 valence electrons. The van der Waals surface area contributed by atoms with Gasteiger partial charge in [0.15, 0.2) is 0 Å². The normalized spacial score (nSPS) is 13.2. The first-order valence-electron chi connectivity index (χ1n) is 18.7. The van der Waals surface area contributed by atoms with Crippen molar-refractivity contribution in [1.82, 2.24) is 0 Å². The molecule has 0 unspecified atom stereocenters. The first-order valence-corrected chi connectivity index (χ1v) is 18.7. The molecule has 0 fully saturated rings. The molecular weight excluding hydrogens is 637 g/mol. The molecule has 1 aliphatic rings. The quantitative estimate of drug-likeness (QED) is 0.164. The van der Waals surface area contributed by atoms with Crippen LogP contribution in [0.3, 0.4) is 0 Å². The van der Waals surface area contributed by atoms with E-state index in [9.17, 15) is 0 Å². The molecule has 0 amide bonds. The number of fused-ring (bicyclic) bond motifs is 9. The van der Waals surface area contributed by atoms with E-state index in [1.165, 1.54) is 109 Å². The molecule has 0 aliphatic heterocycles. The number of rotatable bonds is 3. The molecule has 0 bridgehead atoms. The zero-order chi connectivity index (χ0) is 35.3. The van der Waals surface area contributed by atoms with Gasteiger partial charge in [-0.25, -0.2) is 0 Å². The summed E-state index contributed by atoms with van der Waals surface area (Å²) in [5, 5.41) is 12.8. The van der Waals surface area contributed by atoms with E-state index in [1.54, 1.807) is 0 Å². The van der Waals surface area contributed by atoms with Gasteiger partial charge in [0.25, 0.3) is 0 Å². The van der Waals surface area contributed by atoms with Crippen molar-refractivity contribution in [2.24, 2.45) is 0 Å². The van der Waals surface area contributed by atoms with Crippen molar-refractivity contribution in [2.45, 2.75) is 19.3 Å². The van der Waals surface area contributed by atoms with E-state index in [0.29, 0.717) is 0 Å². The summed E-state index contributed by atoms with van der Waals surface area (Å²) in [7, 11) is 0. The predicted molar refractivity (Wildman–Crippen MR) is 228 cm³/mol. The average Bonchev–Trinajstić information content (AvgIpc) is 3.45. The van der Waals surface area contributed by atoms with Gasteiger partial charge in [-0.2, -0.15) is 0 Å². The molecular formula is C53H36. The molecule has 0 saturated heterocycles. The van der Waals surface area contributed by atoms with Crippen molar-refractivity contribution >= 4 is 53.9 Å². The van der Waals surface area contributed by atoms with E-state index in [1.807, 2.05) is 0 Å². The number of benzene rings is 10. The first-order chi connectivity index (χ1) is 26.1. The van der Waals surface area contributed by atoms with E-state index in [2.05, 4.69) is 196 Å². The van der Waals surface area contributed by atoms with Crippen molar-refractivity contribution in [3.8, 4) is 44.5 Å². The van der Waals surface area contributed by atoms with Crippen molar-refractivity contribution in [2.75, 3.05) is 0 Å². The lowest BCUT2D eigenvalue weighted by atomic mass is 9.80. The van der Waals surface area contributed by atoms with E-state index in [4.69, 9.17) is 0 Å². The minimum atomic E-state index is -0.0643.